The second-order valence-electron chi connectivity index (χ2n) is 8.06. The van der Waals surface area contributed by atoms with Crippen LogP contribution in [0.15, 0.2) is 35.5 Å². The van der Waals surface area contributed by atoms with Gasteiger partial charge in [0.2, 0.25) is 0 Å². The number of carbonyl (C=O) groups is 2. The number of rotatable bonds is 9. The number of benzene rings is 1. The van der Waals surface area contributed by atoms with Gasteiger partial charge in [-0.1, -0.05) is 42.4 Å². The van der Waals surface area contributed by atoms with Gasteiger partial charge in [0.05, 0.1) is 12.5 Å². The van der Waals surface area contributed by atoms with E-state index in [1.807, 2.05) is 43.1 Å². The number of piperidine rings is 1. The highest BCUT2D eigenvalue weighted by Gasteiger charge is 2.28. The highest BCUT2D eigenvalue weighted by Crippen LogP contribution is 2.25. The fourth-order valence-corrected chi connectivity index (χ4v) is 4.82. The van der Waals surface area contributed by atoms with Gasteiger partial charge in [0, 0.05) is 44.1 Å². The normalized spacial score (nSPS) is 14.2. The summed E-state index contributed by atoms with van der Waals surface area (Å²) in [6.45, 7) is 6.33. The van der Waals surface area contributed by atoms with Crippen molar-refractivity contribution in [1.29, 1.82) is 0 Å². The quantitative estimate of drug-likeness (QED) is 0.218. The SMILES string of the molecule is CCCN(C)c1cc(Cl)nc(SCc2cccc(C(=O)N3CCC(C(=O)OCC)CC3)c2)n1. The van der Waals surface area contributed by atoms with Crippen molar-refractivity contribution in [2.24, 2.45) is 5.92 Å². The molecule has 1 fully saturated rings. The summed E-state index contributed by atoms with van der Waals surface area (Å²) in [6, 6.07) is 9.41. The van der Waals surface area contributed by atoms with E-state index in [0.717, 1.165) is 24.3 Å². The Kier molecular flexibility index (Phi) is 9.38. The average molecular weight is 491 g/mol. The lowest BCUT2D eigenvalue weighted by atomic mass is 9.96. The summed E-state index contributed by atoms with van der Waals surface area (Å²) in [5.74, 6) is 1.15. The molecule has 3 rings (SSSR count). The van der Waals surface area contributed by atoms with E-state index in [0.29, 0.717) is 54.2 Å². The van der Waals surface area contributed by atoms with E-state index in [1.54, 1.807) is 6.07 Å². The van der Waals surface area contributed by atoms with E-state index >= 15 is 0 Å². The van der Waals surface area contributed by atoms with Gasteiger partial charge in [-0.05, 0) is 43.9 Å². The summed E-state index contributed by atoms with van der Waals surface area (Å²) >= 11 is 7.70. The third-order valence-corrected chi connectivity index (χ3v) is 6.67. The summed E-state index contributed by atoms with van der Waals surface area (Å²) < 4.78 is 5.11. The highest BCUT2D eigenvalue weighted by atomic mass is 35.5. The molecule has 2 heterocycles. The van der Waals surface area contributed by atoms with Gasteiger partial charge in [-0.3, -0.25) is 9.59 Å². The predicted molar refractivity (Wildman–Crippen MR) is 132 cm³/mol. The Morgan fingerprint density at radius 2 is 1.97 bits per heavy atom. The number of nitrogens with zero attached hydrogens (tertiary/aromatic N) is 4. The van der Waals surface area contributed by atoms with Crippen molar-refractivity contribution in [3.63, 3.8) is 0 Å². The fraction of sp³-hybridized carbons (Fsp3) is 0.500. The zero-order valence-electron chi connectivity index (χ0n) is 19.4. The van der Waals surface area contributed by atoms with Crippen LogP contribution >= 0.6 is 23.4 Å². The number of aromatic nitrogens is 2. The molecule has 0 N–H and O–H groups in total. The predicted octanol–water partition coefficient (Wildman–Crippen LogP) is 4.68. The second kappa shape index (κ2) is 12.2. The maximum atomic E-state index is 13.0. The smallest absolute Gasteiger partial charge is 0.309 e. The summed E-state index contributed by atoms with van der Waals surface area (Å²) in [7, 11) is 1.99. The molecule has 1 aromatic carbocycles. The minimum Gasteiger partial charge on any atom is -0.466 e. The van der Waals surface area contributed by atoms with Crippen LogP contribution in [0.3, 0.4) is 0 Å². The van der Waals surface area contributed by atoms with Crippen LogP contribution < -0.4 is 4.90 Å². The molecule has 0 aliphatic carbocycles. The van der Waals surface area contributed by atoms with E-state index in [1.165, 1.54) is 11.8 Å². The van der Waals surface area contributed by atoms with Crippen molar-refractivity contribution in [2.75, 3.05) is 38.2 Å². The Bertz CT molecular complexity index is 966. The first-order valence-corrected chi connectivity index (χ1v) is 12.7. The number of anilines is 1. The third kappa shape index (κ3) is 7.08. The monoisotopic (exact) mass is 490 g/mol. The largest absolute Gasteiger partial charge is 0.466 e. The van der Waals surface area contributed by atoms with Crippen LogP contribution in [0.25, 0.3) is 0 Å². The van der Waals surface area contributed by atoms with Gasteiger partial charge in [-0.15, -0.1) is 0 Å². The molecule has 9 heteroatoms. The lowest BCUT2D eigenvalue weighted by Crippen LogP contribution is -2.40. The number of ether oxygens (including phenoxy) is 1. The van der Waals surface area contributed by atoms with Gasteiger partial charge in [0.15, 0.2) is 5.16 Å². The molecule has 178 valence electrons. The van der Waals surface area contributed by atoms with Gasteiger partial charge in [-0.25, -0.2) is 9.97 Å². The minimum absolute atomic E-state index is 0.00774. The van der Waals surface area contributed by atoms with Crippen molar-refractivity contribution >= 4 is 41.1 Å². The van der Waals surface area contributed by atoms with E-state index in [2.05, 4.69) is 21.8 Å². The molecule has 0 atom stereocenters. The number of esters is 1. The number of amides is 1. The molecule has 7 nitrogen and oxygen atoms in total. The standard InChI is InChI=1S/C24H31ClN4O3S/c1-4-11-28(3)21-15-20(25)26-24(27-21)33-16-17-7-6-8-19(14-17)22(30)29-12-9-18(10-13-29)23(31)32-5-2/h6-8,14-15,18H,4-5,9-13,16H2,1-3H3. The van der Waals surface area contributed by atoms with E-state index in [-0.39, 0.29) is 17.8 Å². The molecule has 1 aliphatic rings. The Hall–Kier alpha value is -2.32. The molecular formula is C24H31ClN4O3S. The zero-order chi connectivity index (χ0) is 23.8. The highest BCUT2D eigenvalue weighted by molar-refractivity contribution is 7.98. The minimum atomic E-state index is -0.157. The zero-order valence-corrected chi connectivity index (χ0v) is 21.0. The topological polar surface area (TPSA) is 75.6 Å². The Balaban J connectivity index is 1.60. The third-order valence-electron chi connectivity index (χ3n) is 5.55. The maximum Gasteiger partial charge on any atom is 0.309 e. The first kappa shape index (κ1) is 25.3. The maximum absolute atomic E-state index is 13.0. The van der Waals surface area contributed by atoms with Crippen LogP contribution in [0.2, 0.25) is 5.15 Å². The lowest BCUT2D eigenvalue weighted by Gasteiger charge is -2.31. The molecule has 0 saturated carbocycles. The van der Waals surface area contributed by atoms with Gasteiger partial charge >= 0.3 is 5.97 Å². The molecule has 1 aliphatic heterocycles. The first-order valence-electron chi connectivity index (χ1n) is 11.3. The van der Waals surface area contributed by atoms with Crippen LogP contribution in [0, 0.1) is 5.92 Å². The number of likely N-dealkylation sites (tertiary alicyclic amines) is 1. The molecule has 1 aromatic heterocycles. The first-order chi connectivity index (χ1) is 15.9. The van der Waals surface area contributed by atoms with Crippen LogP contribution in [-0.2, 0) is 15.3 Å². The molecule has 1 amide bonds. The van der Waals surface area contributed by atoms with Crippen LogP contribution in [0.4, 0.5) is 5.82 Å². The number of hydrogen-bond acceptors (Lipinski definition) is 7. The number of carbonyl (C=O) groups excluding carboxylic acids is 2. The Morgan fingerprint density at radius 3 is 2.67 bits per heavy atom. The van der Waals surface area contributed by atoms with E-state index in [4.69, 9.17) is 16.3 Å². The van der Waals surface area contributed by atoms with Crippen molar-refractivity contribution in [2.45, 2.75) is 44.0 Å². The Morgan fingerprint density at radius 1 is 1.21 bits per heavy atom. The van der Waals surface area contributed by atoms with Gasteiger partial charge in [0.25, 0.3) is 5.91 Å². The molecule has 33 heavy (non-hydrogen) atoms. The Labute approximate surface area is 204 Å². The summed E-state index contributed by atoms with van der Waals surface area (Å²) in [5.41, 5.74) is 1.66. The van der Waals surface area contributed by atoms with Crippen LogP contribution in [-0.4, -0.2) is 60.0 Å². The van der Waals surface area contributed by atoms with Crippen LogP contribution in [0.5, 0.6) is 0 Å². The number of hydrogen-bond donors (Lipinski definition) is 0. The summed E-state index contributed by atoms with van der Waals surface area (Å²) in [5, 5.41) is 1.03. The van der Waals surface area contributed by atoms with Crippen LogP contribution in [0.1, 0.15) is 49.0 Å². The lowest BCUT2D eigenvalue weighted by molar-refractivity contribution is -0.149. The average Bonchev–Trinajstić information content (AvgIpc) is 2.82. The van der Waals surface area contributed by atoms with Crippen molar-refractivity contribution in [3.8, 4) is 0 Å². The molecule has 1 saturated heterocycles. The van der Waals surface area contributed by atoms with Crippen molar-refractivity contribution < 1.29 is 14.3 Å². The molecular weight excluding hydrogens is 460 g/mol. The van der Waals surface area contributed by atoms with Crippen molar-refractivity contribution in [1.82, 2.24) is 14.9 Å². The fourth-order valence-electron chi connectivity index (χ4n) is 3.80. The second-order valence-corrected chi connectivity index (χ2v) is 9.39. The molecule has 0 spiro atoms. The van der Waals surface area contributed by atoms with Gasteiger partial charge < -0.3 is 14.5 Å². The summed E-state index contributed by atoms with van der Waals surface area (Å²) in [6.07, 6.45) is 2.30. The molecule has 0 radical (unpaired) electrons. The van der Waals surface area contributed by atoms with E-state index in [9.17, 15) is 9.59 Å². The van der Waals surface area contributed by atoms with Gasteiger partial charge in [-0.2, -0.15) is 0 Å². The van der Waals surface area contributed by atoms with Gasteiger partial charge in [0.1, 0.15) is 11.0 Å². The molecule has 0 unspecified atom stereocenters. The molecule has 2 aromatic rings. The number of halogens is 1. The molecule has 0 bridgehead atoms. The number of thioether (sulfide) groups is 1. The van der Waals surface area contributed by atoms with Crippen molar-refractivity contribution in [3.05, 3.63) is 46.6 Å². The van der Waals surface area contributed by atoms with E-state index < -0.39 is 0 Å². The summed E-state index contributed by atoms with van der Waals surface area (Å²) in [4.78, 5) is 37.8.